The van der Waals surface area contributed by atoms with Crippen LogP contribution >= 0.6 is 0 Å². The van der Waals surface area contributed by atoms with Gasteiger partial charge < -0.3 is 0 Å². The molecule has 2 aliphatic carbocycles. The molecule has 300 valence electrons. The van der Waals surface area contributed by atoms with E-state index >= 15 is 0 Å². The average molecular weight is 816 g/mol. The van der Waals surface area contributed by atoms with Crippen LogP contribution in [0.2, 0.25) is 0 Å². The molecule has 2 aliphatic rings. The van der Waals surface area contributed by atoms with Gasteiger partial charge in [0.1, 0.15) is 0 Å². The third kappa shape index (κ3) is 5.57. The normalized spacial score (nSPS) is 13.6. The lowest BCUT2D eigenvalue weighted by Crippen LogP contribution is -2.30. The third-order valence-electron chi connectivity index (χ3n) is 13.4. The van der Waals surface area contributed by atoms with Crippen LogP contribution in [-0.4, -0.2) is 15.0 Å². The van der Waals surface area contributed by atoms with Crippen molar-refractivity contribution >= 4 is 11.1 Å². The van der Waals surface area contributed by atoms with E-state index in [9.17, 15) is 0 Å². The Morgan fingerprint density at radius 2 is 0.688 bits per heavy atom. The predicted molar refractivity (Wildman–Crippen MR) is 259 cm³/mol. The van der Waals surface area contributed by atoms with Crippen molar-refractivity contribution in [3.63, 3.8) is 0 Å². The molecule has 0 N–H and O–H groups in total. The fraction of sp³-hybridized carbons (Fsp3) is 0.0328. The van der Waals surface area contributed by atoms with Gasteiger partial charge in [0.2, 0.25) is 0 Å². The molecule has 12 rings (SSSR count). The van der Waals surface area contributed by atoms with E-state index in [2.05, 4.69) is 206 Å². The van der Waals surface area contributed by atoms with Gasteiger partial charge >= 0.3 is 0 Å². The Hall–Kier alpha value is -8.27. The van der Waals surface area contributed by atoms with Crippen LogP contribution in [0.25, 0.3) is 33.4 Å². The van der Waals surface area contributed by atoms with E-state index in [1.165, 1.54) is 44.5 Å². The number of fused-ring (bicyclic) bond motifs is 6. The highest BCUT2D eigenvalue weighted by atomic mass is 14.7. The van der Waals surface area contributed by atoms with E-state index in [1.807, 2.05) is 43.0 Å². The molecule has 64 heavy (non-hydrogen) atoms. The van der Waals surface area contributed by atoms with Crippen LogP contribution < -0.4 is 0 Å². The average Bonchev–Trinajstić information content (AvgIpc) is 3.86. The van der Waals surface area contributed by atoms with Crippen LogP contribution in [-0.2, 0) is 10.8 Å². The molecule has 0 unspecified atom stereocenters. The van der Waals surface area contributed by atoms with Gasteiger partial charge in [-0.25, -0.2) is 0 Å². The minimum atomic E-state index is -0.668. The minimum absolute atomic E-state index is 0.668. The second kappa shape index (κ2) is 15.3. The Labute approximate surface area is 373 Å². The van der Waals surface area contributed by atoms with Crippen molar-refractivity contribution in [3.05, 3.63) is 316 Å². The molecular weight excluding hydrogens is 775 g/mol. The molecule has 3 heteroatoms. The summed E-state index contributed by atoms with van der Waals surface area (Å²) in [5.41, 5.74) is 19.3. The SMILES string of the molecule is c1ccc(C(=C(c2cccc(C3(c4ccccn4)c4ccccc4-c4ccccc43)c2)c2cccc(C3(c4ccccn4)c4ccccc4-c4ccccc43)c2)c2cccnc2)cc1. The summed E-state index contributed by atoms with van der Waals surface area (Å²) >= 11 is 0. The highest BCUT2D eigenvalue weighted by Crippen LogP contribution is 2.58. The Bertz CT molecular complexity index is 3060. The molecule has 0 spiro atoms. The molecule has 0 aliphatic heterocycles. The van der Waals surface area contributed by atoms with Gasteiger partial charge in [0.15, 0.2) is 0 Å². The lowest BCUT2D eigenvalue weighted by atomic mass is 9.68. The highest BCUT2D eigenvalue weighted by Gasteiger charge is 2.48. The minimum Gasteiger partial charge on any atom is -0.264 e. The summed E-state index contributed by atoms with van der Waals surface area (Å²) in [5.74, 6) is 0. The summed E-state index contributed by atoms with van der Waals surface area (Å²) in [4.78, 5) is 15.1. The number of rotatable bonds is 8. The Morgan fingerprint density at radius 3 is 1.11 bits per heavy atom. The summed E-state index contributed by atoms with van der Waals surface area (Å²) in [6, 6.07) is 81.4. The molecule has 10 aromatic rings. The van der Waals surface area contributed by atoms with Crippen LogP contribution in [0, 0.1) is 0 Å². The Kier molecular flexibility index (Phi) is 8.94. The number of aromatic nitrogens is 3. The van der Waals surface area contributed by atoms with E-state index in [4.69, 9.17) is 15.0 Å². The van der Waals surface area contributed by atoms with Crippen LogP contribution in [0.1, 0.15) is 67.0 Å². The monoisotopic (exact) mass is 815 g/mol. The van der Waals surface area contributed by atoms with Crippen LogP contribution in [0.15, 0.2) is 249 Å². The quantitative estimate of drug-likeness (QED) is 0.143. The second-order valence-electron chi connectivity index (χ2n) is 16.6. The van der Waals surface area contributed by atoms with Gasteiger partial charge in [0, 0.05) is 30.4 Å². The molecule has 0 fully saturated rings. The number of hydrogen-bond donors (Lipinski definition) is 0. The zero-order valence-electron chi connectivity index (χ0n) is 35.0. The van der Waals surface area contributed by atoms with Crippen LogP contribution in [0.3, 0.4) is 0 Å². The molecular formula is C61H41N3. The number of hydrogen-bond acceptors (Lipinski definition) is 3. The van der Waals surface area contributed by atoms with Crippen LogP contribution in [0.5, 0.6) is 0 Å². The number of pyridine rings is 3. The summed E-state index contributed by atoms with van der Waals surface area (Å²) in [6.45, 7) is 0. The van der Waals surface area contributed by atoms with Gasteiger partial charge in [-0.05, 0) is 126 Å². The van der Waals surface area contributed by atoms with E-state index in [0.717, 1.165) is 55.9 Å². The zero-order valence-corrected chi connectivity index (χ0v) is 35.0. The van der Waals surface area contributed by atoms with Gasteiger partial charge in [-0.2, -0.15) is 0 Å². The van der Waals surface area contributed by atoms with Gasteiger partial charge in [-0.1, -0.05) is 182 Å². The third-order valence-corrected chi connectivity index (χ3v) is 13.4. The topological polar surface area (TPSA) is 38.7 Å². The molecule has 0 amide bonds. The molecule has 7 aromatic carbocycles. The molecule has 0 saturated heterocycles. The largest absolute Gasteiger partial charge is 0.264 e. The summed E-state index contributed by atoms with van der Waals surface area (Å²) < 4.78 is 0. The van der Waals surface area contributed by atoms with Crippen molar-refractivity contribution in [2.45, 2.75) is 10.8 Å². The lowest BCUT2D eigenvalue weighted by molar-refractivity contribution is 0.734. The van der Waals surface area contributed by atoms with E-state index in [0.29, 0.717) is 0 Å². The molecule has 3 aromatic heterocycles. The van der Waals surface area contributed by atoms with Crippen LogP contribution in [0.4, 0.5) is 0 Å². The highest BCUT2D eigenvalue weighted by molar-refractivity contribution is 6.05. The van der Waals surface area contributed by atoms with Crippen molar-refractivity contribution in [2.75, 3.05) is 0 Å². The van der Waals surface area contributed by atoms with Gasteiger partial charge in [0.25, 0.3) is 0 Å². The smallest absolute Gasteiger partial charge is 0.0886 e. The zero-order chi connectivity index (χ0) is 42.5. The molecule has 3 nitrogen and oxygen atoms in total. The summed E-state index contributed by atoms with van der Waals surface area (Å²) in [7, 11) is 0. The standard InChI is InChI=1S/C61H41N3/c1-2-19-42(20-3-1)58(45-23-18-36-62-41-45)59(43-21-16-24-46(39-43)60(56-34-12-14-37-63-56)52-30-8-4-26-48(52)49-27-5-9-31-53(49)60)44-22-17-25-47(40-44)61(57-35-13-15-38-64-57)54-32-10-6-28-50(54)51-29-7-11-33-55(51)61/h1-41H. The molecule has 0 atom stereocenters. The Balaban J connectivity index is 1.18. The maximum Gasteiger partial charge on any atom is 0.0886 e. The molecule has 0 radical (unpaired) electrons. The first-order chi connectivity index (χ1) is 31.8. The fourth-order valence-corrected chi connectivity index (χ4v) is 11.0. The predicted octanol–water partition coefficient (Wildman–Crippen LogP) is 13.6. The maximum absolute atomic E-state index is 5.17. The van der Waals surface area contributed by atoms with Crippen molar-refractivity contribution in [1.29, 1.82) is 0 Å². The summed E-state index contributed by atoms with van der Waals surface area (Å²) in [5, 5.41) is 0. The van der Waals surface area contributed by atoms with Gasteiger partial charge in [-0.3, -0.25) is 15.0 Å². The van der Waals surface area contributed by atoms with Crippen molar-refractivity contribution in [1.82, 2.24) is 15.0 Å². The van der Waals surface area contributed by atoms with E-state index in [-0.39, 0.29) is 0 Å². The fourth-order valence-electron chi connectivity index (χ4n) is 11.0. The first-order valence-electron chi connectivity index (χ1n) is 21.9. The molecule has 0 saturated carbocycles. The van der Waals surface area contributed by atoms with Crippen molar-refractivity contribution in [3.8, 4) is 22.3 Å². The maximum atomic E-state index is 5.17. The number of benzene rings is 7. The lowest BCUT2D eigenvalue weighted by Gasteiger charge is -2.34. The summed E-state index contributed by atoms with van der Waals surface area (Å²) in [6.07, 6.45) is 7.69. The van der Waals surface area contributed by atoms with Gasteiger partial charge in [-0.15, -0.1) is 0 Å². The first-order valence-corrected chi connectivity index (χ1v) is 21.9. The number of nitrogens with zero attached hydrogens (tertiary/aromatic N) is 3. The molecule has 3 heterocycles. The van der Waals surface area contributed by atoms with E-state index < -0.39 is 10.8 Å². The molecule has 0 bridgehead atoms. The van der Waals surface area contributed by atoms with Gasteiger partial charge in [0.05, 0.1) is 22.2 Å². The van der Waals surface area contributed by atoms with Crippen molar-refractivity contribution < 1.29 is 0 Å². The second-order valence-corrected chi connectivity index (χ2v) is 16.6. The first kappa shape index (κ1) is 37.5. The Morgan fingerprint density at radius 1 is 0.297 bits per heavy atom. The van der Waals surface area contributed by atoms with Crippen molar-refractivity contribution in [2.24, 2.45) is 0 Å². The van der Waals surface area contributed by atoms with E-state index in [1.54, 1.807) is 0 Å².